The fraction of sp³-hybridized carbons (Fsp3) is 0.455. The topological polar surface area (TPSA) is 76.7 Å². The number of hydrogen-bond donors (Lipinski definition) is 2. The molecule has 0 heterocycles. The van der Waals surface area contributed by atoms with Gasteiger partial charge in [0.1, 0.15) is 5.75 Å². The zero-order chi connectivity index (χ0) is 20.4. The smallest absolute Gasteiger partial charge is 0.331 e. The average Bonchev–Trinajstić information content (AvgIpc) is 3.02. The zero-order valence-electron chi connectivity index (χ0n) is 16.9. The summed E-state index contributed by atoms with van der Waals surface area (Å²) < 4.78 is 10.1. The Bertz CT molecular complexity index is 810. The van der Waals surface area contributed by atoms with Crippen molar-refractivity contribution >= 4 is 18.0 Å². The summed E-state index contributed by atoms with van der Waals surface area (Å²) in [5, 5.41) is 0. The van der Waals surface area contributed by atoms with E-state index in [1.165, 1.54) is 12.5 Å². The highest BCUT2D eigenvalue weighted by molar-refractivity contribution is 5.89. The minimum Gasteiger partial charge on any atom is -0.497 e. The predicted octanol–water partition coefficient (Wildman–Crippen LogP) is 3.21. The summed E-state index contributed by atoms with van der Waals surface area (Å²) in [7, 11) is 1.59. The first kappa shape index (κ1) is 20.0. The van der Waals surface area contributed by atoms with Crippen molar-refractivity contribution in [3.63, 3.8) is 0 Å². The highest BCUT2D eigenvalue weighted by Gasteiger charge is 2.57. The van der Waals surface area contributed by atoms with Gasteiger partial charge in [-0.15, -0.1) is 0 Å². The lowest BCUT2D eigenvalue weighted by Gasteiger charge is -2.37. The second-order valence-electron chi connectivity index (χ2n) is 8.17. The molecule has 1 aromatic carbocycles. The Hall–Kier alpha value is -2.76. The van der Waals surface area contributed by atoms with Crippen LogP contribution in [0, 0.1) is 16.7 Å². The van der Waals surface area contributed by atoms with Crippen molar-refractivity contribution in [3.8, 4) is 5.75 Å². The van der Waals surface area contributed by atoms with Gasteiger partial charge in [0.2, 0.25) is 0 Å². The molecule has 3 rings (SSSR count). The van der Waals surface area contributed by atoms with E-state index in [1.54, 1.807) is 25.3 Å². The number of methoxy groups -OCH3 is 1. The van der Waals surface area contributed by atoms with Crippen LogP contribution in [-0.2, 0) is 14.3 Å². The van der Waals surface area contributed by atoms with Crippen LogP contribution in [0.2, 0.25) is 0 Å². The van der Waals surface area contributed by atoms with Gasteiger partial charge in [0, 0.05) is 17.2 Å². The normalized spacial score (nSPS) is 24.7. The number of allylic oxidation sites excluding steroid dienone is 2. The molecule has 1 amide bonds. The van der Waals surface area contributed by atoms with E-state index in [-0.39, 0.29) is 17.4 Å². The number of fused-ring (bicyclic) bond motifs is 2. The van der Waals surface area contributed by atoms with Crippen LogP contribution in [0.25, 0.3) is 6.08 Å². The van der Waals surface area contributed by atoms with Gasteiger partial charge in [-0.2, -0.15) is 0 Å². The highest BCUT2D eigenvalue weighted by Crippen LogP contribution is 2.64. The third-order valence-corrected chi connectivity index (χ3v) is 6.48. The van der Waals surface area contributed by atoms with Gasteiger partial charge in [0.15, 0.2) is 6.61 Å². The third kappa shape index (κ3) is 3.77. The van der Waals surface area contributed by atoms with Gasteiger partial charge in [-0.1, -0.05) is 39.0 Å². The molecule has 0 unspecified atom stereocenters. The number of esters is 1. The standard InChI is InChI=1S/C22H28N2O4/c1-21(2)16-11-12-22(21,3)18(13-16)23-24-19(25)14-28-20(26)10-7-15-5-8-17(27-4)9-6-15/h5-10,13,16,23H,11-12,14H2,1-4H3,(H,24,25)/b10-7+/t16-,22-/m1/s1. The third-order valence-electron chi connectivity index (χ3n) is 6.48. The molecule has 2 aliphatic carbocycles. The van der Waals surface area contributed by atoms with Crippen LogP contribution in [0.1, 0.15) is 39.2 Å². The number of hydrogen-bond acceptors (Lipinski definition) is 5. The fourth-order valence-electron chi connectivity index (χ4n) is 4.11. The van der Waals surface area contributed by atoms with Crippen molar-refractivity contribution < 1.29 is 19.1 Å². The minimum absolute atomic E-state index is 0.0305. The van der Waals surface area contributed by atoms with Crippen LogP contribution in [0.15, 0.2) is 42.1 Å². The van der Waals surface area contributed by atoms with Gasteiger partial charge in [-0.05, 0) is 47.9 Å². The highest BCUT2D eigenvalue weighted by atomic mass is 16.5. The molecule has 0 saturated heterocycles. The maximum absolute atomic E-state index is 12.0. The van der Waals surface area contributed by atoms with Gasteiger partial charge in [0.25, 0.3) is 5.91 Å². The second-order valence-corrected chi connectivity index (χ2v) is 8.17. The molecule has 0 spiro atoms. The lowest BCUT2D eigenvalue weighted by Crippen LogP contribution is -2.44. The van der Waals surface area contributed by atoms with E-state index < -0.39 is 11.9 Å². The number of hydrazine groups is 1. The Morgan fingerprint density at radius 2 is 1.93 bits per heavy atom. The van der Waals surface area contributed by atoms with Crippen LogP contribution in [-0.4, -0.2) is 25.6 Å². The van der Waals surface area contributed by atoms with Crippen LogP contribution >= 0.6 is 0 Å². The summed E-state index contributed by atoms with van der Waals surface area (Å²) in [5.41, 5.74) is 7.78. The Morgan fingerprint density at radius 3 is 2.50 bits per heavy atom. The van der Waals surface area contributed by atoms with Crippen LogP contribution < -0.4 is 15.6 Å². The van der Waals surface area contributed by atoms with E-state index in [2.05, 4.69) is 37.7 Å². The van der Waals surface area contributed by atoms with Crippen LogP contribution in [0.4, 0.5) is 0 Å². The summed E-state index contributed by atoms with van der Waals surface area (Å²) in [6, 6.07) is 7.25. The summed E-state index contributed by atoms with van der Waals surface area (Å²) in [6.07, 6.45) is 7.42. The summed E-state index contributed by atoms with van der Waals surface area (Å²) in [6.45, 7) is 6.44. The van der Waals surface area contributed by atoms with Gasteiger partial charge in [-0.25, -0.2) is 4.79 Å². The SMILES string of the molecule is COc1ccc(/C=C/C(=O)OCC(=O)NNC2=C[C@H]3CC[C@@]2(C)C3(C)C)cc1. The lowest BCUT2D eigenvalue weighted by atomic mass is 9.69. The molecule has 0 radical (unpaired) electrons. The summed E-state index contributed by atoms with van der Waals surface area (Å²) in [4.78, 5) is 23.8. The predicted molar refractivity (Wildman–Crippen MR) is 107 cm³/mol. The van der Waals surface area contributed by atoms with Crippen molar-refractivity contribution in [2.75, 3.05) is 13.7 Å². The number of carbonyl (C=O) groups is 2. The van der Waals surface area contributed by atoms with E-state index >= 15 is 0 Å². The van der Waals surface area contributed by atoms with Crippen LogP contribution in [0.5, 0.6) is 5.75 Å². The monoisotopic (exact) mass is 384 g/mol. The summed E-state index contributed by atoms with van der Waals surface area (Å²) >= 11 is 0. The summed E-state index contributed by atoms with van der Waals surface area (Å²) in [5.74, 6) is 0.305. The van der Waals surface area contributed by atoms with Crippen molar-refractivity contribution in [1.29, 1.82) is 0 Å². The van der Waals surface area contributed by atoms with E-state index in [1.807, 2.05) is 12.1 Å². The van der Waals surface area contributed by atoms with Crippen molar-refractivity contribution in [2.24, 2.45) is 16.7 Å². The molecular formula is C22H28N2O4. The molecule has 150 valence electrons. The molecular weight excluding hydrogens is 356 g/mol. The number of benzene rings is 1. The van der Waals surface area contributed by atoms with Gasteiger partial charge in [-0.3, -0.25) is 10.2 Å². The molecule has 2 N–H and O–H groups in total. The molecule has 1 aromatic rings. The Kier molecular flexibility index (Phi) is 5.49. The molecule has 0 aromatic heterocycles. The fourth-order valence-corrected chi connectivity index (χ4v) is 4.11. The zero-order valence-corrected chi connectivity index (χ0v) is 16.9. The van der Waals surface area contributed by atoms with Crippen molar-refractivity contribution in [2.45, 2.75) is 33.6 Å². The Balaban J connectivity index is 1.43. The largest absolute Gasteiger partial charge is 0.497 e. The van der Waals surface area contributed by atoms with E-state index in [0.717, 1.165) is 23.4 Å². The van der Waals surface area contributed by atoms with E-state index in [9.17, 15) is 9.59 Å². The average molecular weight is 384 g/mol. The molecule has 2 atom stereocenters. The van der Waals surface area contributed by atoms with Crippen LogP contribution in [0.3, 0.4) is 0 Å². The Labute approximate surface area is 165 Å². The number of amides is 1. The second kappa shape index (κ2) is 7.70. The maximum Gasteiger partial charge on any atom is 0.331 e. The van der Waals surface area contributed by atoms with Crippen molar-refractivity contribution in [1.82, 2.24) is 10.9 Å². The number of rotatable bonds is 7. The minimum atomic E-state index is -0.571. The quantitative estimate of drug-likeness (QED) is 0.429. The van der Waals surface area contributed by atoms with Gasteiger partial charge >= 0.3 is 5.97 Å². The number of carbonyl (C=O) groups excluding carboxylic acids is 2. The molecule has 0 aliphatic heterocycles. The number of nitrogens with one attached hydrogen (secondary N) is 2. The molecule has 2 aliphatic rings. The molecule has 28 heavy (non-hydrogen) atoms. The van der Waals surface area contributed by atoms with E-state index in [4.69, 9.17) is 9.47 Å². The van der Waals surface area contributed by atoms with Crippen molar-refractivity contribution in [3.05, 3.63) is 47.7 Å². The van der Waals surface area contributed by atoms with Gasteiger partial charge in [0.05, 0.1) is 7.11 Å². The lowest BCUT2D eigenvalue weighted by molar-refractivity contribution is -0.144. The Morgan fingerprint density at radius 1 is 1.21 bits per heavy atom. The molecule has 1 fully saturated rings. The first-order valence-electron chi connectivity index (χ1n) is 9.52. The number of ether oxygens (including phenoxy) is 2. The molecule has 6 heteroatoms. The first-order valence-corrected chi connectivity index (χ1v) is 9.52. The van der Waals surface area contributed by atoms with Gasteiger partial charge < -0.3 is 14.9 Å². The molecule has 2 bridgehead atoms. The van der Waals surface area contributed by atoms with E-state index in [0.29, 0.717) is 5.92 Å². The molecule has 6 nitrogen and oxygen atoms in total. The first-order chi connectivity index (χ1) is 13.3. The molecule has 1 saturated carbocycles. The maximum atomic E-state index is 12.0.